The quantitative estimate of drug-likeness (QED) is 0.761. The van der Waals surface area contributed by atoms with E-state index in [-0.39, 0.29) is 32.9 Å². The van der Waals surface area contributed by atoms with Crippen LogP contribution in [0.1, 0.15) is 6.42 Å². The van der Waals surface area contributed by atoms with E-state index in [1.54, 1.807) is 18.2 Å². The molecule has 0 fully saturated rings. The Labute approximate surface area is 155 Å². The van der Waals surface area contributed by atoms with Gasteiger partial charge in [-0.05, 0) is 30.3 Å². The number of benzene rings is 2. The van der Waals surface area contributed by atoms with Gasteiger partial charge in [-0.25, -0.2) is 8.42 Å². The van der Waals surface area contributed by atoms with Gasteiger partial charge in [-0.2, -0.15) is 0 Å². The van der Waals surface area contributed by atoms with Crippen molar-refractivity contribution in [1.82, 2.24) is 0 Å². The Morgan fingerprint density at radius 3 is 2.52 bits per heavy atom. The summed E-state index contributed by atoms with van der Waals surface area (Å²) >= 11 is 11.9. The summed E-state index contributed by atoms with van der Waals surface area (Å²) in [5.41, 5.74) is 0.210. The first-order valence-electron chi connectivity index (χ1n) is 7.10. The Hall–Kier alpha value is -1.96. The predicted octanol–water partition coefficient (Wildman–Crippen LogP) is 3.67. The normalized spacial score (nSPS) is 11.2. The number of carbonyl (C=O) groups is 1. The zero-order valence-electron chi connectivity index (χ0n) is 13.1. The Morgan fingerprint density at radius 2 is 1.88 bits per heavy atom. The van der Waals surface area contributed by atoms with E-state index in [2.05, 4.69) is 0 Å². The molecule has 1 N–H and O–H groups in total. The number of ether oxygens (including phenoxy) is 1. The van der Waals surface area contributed by atoms with Crippen molar-refractivity contribution in [1.29, 1.82) is 0 Å². The van der Waals surface area contributed by atoms with Gasteiger partial charge in [-0.1, -0.05) is 35.3 Å². The first-order valence-corrected chi connectivity index (χ1v) is 9.29. The smallest absolute Gasteiger partial charge is 0.305 e. The van der Waals surface area contributed by atoms with Crippen LogP contribution in [0, 0.1) is 0 Å². The predicted molar refractivity (Wildman–Crippen MR) is 96.2 cm³/mol. The van der Waals surface area contributed by atoms with E-state index >= 15 is 0 Å². The third-order valence-electron chi connectivity index (χ3n) is 3.34. The molecule has 0 amide bonds. The number of carboxylic acid groups (broad SMARTS) is 1. The van der Waals surface area contributed by atoms with Gasteiger partial charge in [0.25, 0.3) is 10.0 Å². The number of rotatable bonds is 7. The maximum atomic E-state index is 13.1. The fourth-order valence-electron chi connectivity index (χ4n) is 2.20. The SMILES string of the molecule is COc1ccccc1N(CCC(=O)O)S(=O)(=O)c1cc(Cl)ccc1Cl. The summed E-state index contributed by atoms with van der Waals surface area (Å²) in [5.74, 6) is -0.845. The van der Waals surface area contributed by atoms with Crippen LogP contribution in [0.5, 0.6) is 5.75 Å². The highest BCUT2D eigenvalue weighted by atomic mass is 35.5. The average Bonchev–Trinajstić information content (AvgIpc) is 2.57. The number of anilines is 1. The lowest BCUT2D eigenvalue weighted by Crippen LogP contribution is -2.33. The highest BCUT2D eigenvalue weighted by Crippen LogP contribution is 2.35. The molecule has 0 saturated heterocycles. The van der Waals surface area contributed by atoms with E-state index < -0.39 is 22.4 Å². The fourth-order valence-corrected chi connectivity index (χ4v) is 4.41. The number of methoxy groups -OCH3 is 1. The fraction of sp³-hybridized carbons (Fsp3) is 0.188. The molecule has 6 nitrogen and oxygen atoms in total. The zero-order valence-corrected chi connectivity index (χ0v) is 15.5. The second kappa shape index (κ2) is 7.95. The van der Waals surface area contributed by atoms with Gasteiger partial charge in [-0.15, -0.1) is 0 Å². The molecule has 0 spiro atoms. The summed E-state index contributed by atoms with van der Waals surface area (Å²) in [4.78, 5) is 10.8. The van der Waals surface area contributed by atoms with Crippen molar-refractivity contribution in [3.63, 3.8) is 0 Å². The number of aliphatic carboxylic acids is 1. The number of carboxylic acids is 1. The minimum absolute atomic E-state index is 0.0142. The van der Waals surface area contributed by atoms with Gasteiger partial charge < -0.3 is 9.84 Å². The lowest BCUT2D eigenvalue weighted by molar-refractivity contribution is -0.136. The van der Waals surface area contributed by atoms with E-state index in [4.69, 9.17) is 33.0 Å². The van der Waals surface area contributed by atoms with Crippen molar-refractivity contribution in [2.75, 3.05) is 18.0 Å². The Kier molecular flexibility index (Phi) is 6.16. The topological polar surface area (TPSA) is 83.9 Å². The number of nitrogens with zero attached hydrogens (tertiary/aromatic N) is 1. The molecule has 0 radical (unpaired) electrons. The van der Waals surface area contributed by atoms with Crippen LogP contribution in [-0.2, 0) is 14.8 Å². The molecule has 134 valence electrons. The largest absolute Gasteiger partial charge is 0.495 e. The van der Waals surface area contributed by atoms with E-state index in [1.165, 1.54) is 31.4 Å². The molecule has 0 aliphatic heterocycles. The van der Waals surface area contributed by atoms with Gasteiger partial charge in [-0.3, -0.25) is 9.10 Å². The van der Waals surface area contributed by atoms with Crippen molar-refractivity contribution in [3.8, 4) is 5.75 Å². The number of hydrogen-bond acceptors (Lipinski definition) is 4. The lowest BCUT2D eigenvalue weighted by Gasteiger charge is -2.26. The van der Waals surface area contributed by atoms with Crippen LogP contribution in [0.2, 0.25) is 10.0 Å². The summed E-state index contributed by atoms with van der Waals surface area (Å²) < 4.78 is 32.4. The third kappa shape index (κ3) is 4.36. The minimum atomic E-state index is -4.16. The number of halogens is 2. The van der Waals surface area contributed by atoms with Crippen LogP contribution < -0.4 is 9.04 Å². The molecule has 0 aliphatic carbocycles. The van der Waals surface area contributed by atoms with E-state index in [0.29, 0.717) is 0 Å². The van der Waals surface area contributed by atoms with Crippen LogP contribution in [-0.4, -0.2) is 33.1 Å². The van der Waals surface area contributed by atoms with Crippen LogP contribution in [0.25, 0.3) is 0 Å². The van der Waals surface area contributed by atoms with E-state index in [1.807, 2.05) is 0 Å². The Morgan fingerprint density at radius 1 is 1.20 bits per heavy atom. The number of para-hydroxylation sites is 2. The second-order valence-corrected chi connectivity index (χ2v) is 7.64. The molecule has 0 saturated carbocycles. The monoisotopic (exact) mass is 403 g/mol. The first kappa shape index (κ1) is 19.4. The third-order valence-corrected chi connectivity index (χ3v) is 5.87. The van der Waals surface area contributed by atoms with Crippen molar-refractivity contribution in [3.05, 3.63) is 52.5 Å². The molecule has 0 aromatic heterocycles. The molecule has 25 heavy (non-hydrogen) atoms. The molecule has 2 aromatic rings. The Bertz CT molecular complexity index is 886. The lowest BCUT2D eigenvalue weighted by atomic mass is 10.3. The summed E-state index contributed by atoms with van der Waals surface area (Å²) in [6.45, 7) is -0.291. The maximum Gasteiger partial charge on any atom is 0.305 e. The second-order valence-electron chi connectivity index (χ2n) is 4.97. The van der Waals surface area contributed by atoms with Crippen LogP contribution in [0.4, 0.5) is 5.69 Å². The standard InChI is InChI=1S/C16H15Cl2NO5S/c1-24-14-5-3-2-4-13(14)19(9-8-16(20)21)25(22,23)15-10-11(17)6-7-12(15)18/h2-7,10H,8-9H2,1H3,(H,20,21). The molecule has 0 heterocycles. The van der Waals surface area contributed by atoms with Gasteiger partial charge >= 0.3 is 5.97 Å². The van der Waals surface area contributed by atoms with Gasteiger partial charge in [0.05, 0.1) is 24.2 Å². The van der Waals surface area contributed by atoms with Crippen molar-refractivity contribution < 1.29 is 23.1 Å². The first-order chi connectivity index (χ1) is 11.8. The molecule has 0 aliphatic rings. The summed E-state index contributed by atoms with van der Waals surface area (Å²) in [5, 5.41) is 9.15. The molecule has 0 bridgehead atoms. The molecule has 2 rings (SSSR count). The van der Waals surface area contributed by atoms with Gasteiger partial charge in [0.15, 0.2) is 0 Å². The van der Waals surface area contributed by atoms with Crippen LogP contribution in [0.3, 0.4) is 0 Å². The van der Waals surface area contributed by atoms with Gasteiger partial charge in [0.2, 0.25) is 0 Å². The molecule has 9 heteroatoms. The zero-order chi connectivity index (χ0) is 18.6. The average molecular weight is 404 g/mol. The molecular formula is C16H15Cl2NO5S. The van der Waals surface area contributed by atoms with Crippen molar-refractivity contribution in [2.24, 2.45) is 0 Å². The van der Waals surface area contributed by atoms with Gasteiger partial charge in [0, 0.05) is 11.6 Å². The highest BCUT2D eigenvalue weighted by molar-refractivity contribution is 7.93. The molecule has 2 aromatic carbocycles. The van der Waals surface area contributed by atoms with Crippen LogP contribution in [0.15, 0.2) is 47.4 Å². The van der Waals surface area contributed by atoms with Crippen molar-refractivity contribution >= 4 is 44.9 Å². The molecule has 0 unspecified atom stereocenters. The summed E-state index contributed by atoms with van der Waals surface area (Å²) in [6.07, 6.45) is -0.393. The molecule has 0 atom stereocenters. The maximum absolute atomic E-state index is 13.1. The number of hydrogen-bond donors (Lipinski definition) is 1. The minimum Gasteiger partial charge on any atom is -0.495 e. The summed E-state index contributed by atoms with van der Waals surface area (Å²) in [6, 6.07) is 10.5. The summed E-state index contributed by atoms with van der Waals surface area (Å²) in [7, 11) is -2.77. The Balaban J connectivity index is 2.61. The number of sulfonamides is 1. The van der Waals surface area contributed by atoms with Gasteiger partial charge in [0.1, 0.15) is 10.6 Å². The van der Waals surface area contributed by atoms with E-state index in [0.717, 1.165) is 4.31 Å². The van der Waals surface area contributed by atoms with E-state index in [9.17, 15) is 13.2 Å². The highest BCUT2D eigenvalue weighted by Gasteiger charge is 2.29. The van der Waals surface area contributed by atoms with Crippen LogP contribution >= 0.6 is 23.2 Å². The molecular weight excluding hydrogens is 389 g/mol. The van der Waals surface area contributed by atoms with Crippen molar-refractivity contribution in [2.45, 2.75) is 11.3 Å².